The van der Waals surface area contributed by atoms with E-state index in [0.29, 0.717) is 0 Å². The van der Waals surface area contributed by atoms with Crippen LogP contribution in [-0.4, -0.2) is 22.6 Å². The third-order valence-corrected chi connectivity index (χ3v) is 7.60. The Morgan fingerprint density at radius 2 is 1.97 bits per heavy atom. The van der Waals surface area contributed by atoms with Gasteiger partial charge in [0.15, 0.2) is 6.17 Å². The smallest absolute Gasteiger partial charge is 0.250 e. The zero-order chi connectivity index (χ0) is 24.4. The molecule has 3 aromatic rings. The lowest BCUT2D eigenvalue weighted by Gasteiger charge is -2.48. The molecule has 0 saturated carbocycles. The Morgan fingerprint density at radius 3 is 2.80 bits per heavy atom. The second-order valence-corrected chi connectivity index (χ2v) is 10.4. The number of hydrogen-bond donors (Lipinski definition) is 2. The summed E-state index contributed by atoms with van der Waals surface area (Å²) in [5, 5.41) is 16.6. The van der Waals surface area contributed by atoms with E-state index >= 15 is 0 Å². The van der Waals surface area contributed by atoms with Crippen molar-refractivity contribution in [1.82, 2.24) is 15.6 Å². The van der Waals surface area contributed by atoms with E-state index in [-0.39, 0.29) is 17.6 Å². The molecule has 2 aromatic carbocycles. The topological polar surface area (TPSA) is 78.7 Å². The van der Waals surface area contributed by atoms with Gasteiger partial charge in [-0.3, -0.25) is 9.78 Å². The van der Waals surface area contributed by atoms with Gasteiger partial charge in [0, 0.05) is 34.8 Å². The Kier molecular flexibility index (Phi) is 4.72. The van der Waals surface area contributed by atoms with Crippen LogP contribution >= 0.6 is 0 Å². The van der Waals surface area contributed by atoms with Gasteiger partial charge >= 0.3 is 0 Å². The maximum absolute atomic E-state index is 13.6. The van der Waals surface area contributed by atoms with Crippen LogP contribution in [0.5, 0.6) is 0 Å². The predicted octanol–water partition coefficient (Wildman–Crippen LogP) is 5.69. The fraction of sp³-hybridized carbons (Fsp3) is 0.310. The molecule has 1 amide bonds. The number of carbonyl (C=O) groups excluding carboxylic acids is 1. The molecule has 35 heavy (non-hydrogen) atoms. The number of azo groups is 1. The molecule has 3 aliphatic rings. The number of benzene rings is 2. The van der Waals surface area contributed by atoms with Crippen molar-refractivity contribution in [1.29, 1.82) is 0 Å². The quantitative estimate of drug-likeness (QED) is 0.524. The Balaban J connectivity index is 1.59. The molecule has 176 valence electrons. The van der Waals surface area contributed by atoms with Crippen molar-refractivity contribution < 1.29 is 4.79 Å². The van der Waals surface area contributed by atoms with Crippen LogP contribution in [-0.2, 0) is 10.2 Å². The lowest BCUT2D eigenvalue weighted by molar-refractivity contribution is -0.120. The van der Waals surface area contributed by atoms with Crippen molar-refractivity contribution in [2.45, 2.75) is 57.7 Å². The summed E-state index contributed by atoms with van der Waals surface area (Å²) in [6.45, 7) is 8.37. The van der Waals surface area contributed by atoms with E-state index in [2.05, 4.69) is 102 Å². The Morgan fingerprint density at radius 1 is 1.11 bits per heavy atom. The molecular weight excluding hydrogens is 434 g/mol. The zero-order valence-electron chi connectivity index (χ0n) is 20.5. The summed E-state index contributed by atoms with van der Waals surface area (Å²) in [5.74, 6) is -0.0211. The van der Waals surface area contributed by atoms with Gasteiger partial charge in [-0.25, -0.2) is 0 Å². The molecular formula is C29H29N5O. The minimum Gasteiger partial charge on any atom is -0.362 e. The first kappa shape index (κ1) is 21.7. The number of rotatable bonds is 3. The number of carbonyl (C=O) groups is 1. The van der Waals surface area contributed by atoms with Crippen LogP contribution in [0.2, 0.25) is 0 Å². The molecule has 0 fully saturated rings. The van der Waals surface area contributed by atoms with Gasteiger partial charge in [0.05, 0.1) is 22.7 Å². The summed E-state index contributed by atoms with van der Waals surface area (Å²) < 4.78 is 0. The first-order valence-corrected chi connectivity index (χ1v) is 12.2. The number of nitrogens with zero attached hydrogens (tertiary/aromatic N) is 3. The van der Waals surface area contributed by atoms with E-state index in [1.807, 2.05) is 12.4 Å². The van der Waals surface area contributed by atoms with Crippen LogP contribution < -0.4 is 10.6 Å². The molecule has 0 aliphatic carbocycles. The van der Waals surface area contributed by atoms with Gasteiger partial charge in [0.25, 0.3) is 5.91 Å². The van der Waals surface area contributed by atoms with Crippen molar-refractivity contribution >= 4 is 16.8 Å². The molecule has 0 radical (unpaired) electrons. The summed E-state index contributed by atoms with van der Waals surface area (Å²) in [6, 6.07) is 17.0. The van der Waals surface area contributed by atoms with Gasteiger partial charge in [-0.15, -0.1) is 0 Å². The number of fused-ring (bicyclic) bond motifs is 2. The zero-order valence-corrected chi connectivity index (χ0v) is 20.5. The van der Waals surface area contributed by atoms with Crippen molar-refractivity contribution in [3.8, 4) is 11.1 Å². The second-order valence-electron chi connectivity index (χ2n) is 10.4. The van der Waals surface area contributed by atoms with E-state index in [1.165, 1.54) is 5.56 Å². The number of hydrogen-bond acceptors (Lipinski definition) is 5. The van der Waals surface area contributed by atoms with Gasteiger partial charge in [-0.05, 0) is 68.1 Å². The lowest BCUT2D eigenvalue weighted by Crippen LogP contribution is -2.58. The third kappa shape index (κ3) is 3.23. The maximum atomic E-state index is 13.6. The highest BCUT2D eigenvalue weighted by Crippen LogP contribution is 2.51. The molecule has 6 rings (SSSR count). The highest BCUT2D eigenvalue weighted by atomic mass is 16.2. The van der Waals surface area contributed by atoms with E-state index in [9.17, 15) is 4.79 Å². The average molecular weight is 464 g/mol. The summed E-state index contributed by atoms with van der Waals surface area (Å²) in [6.07, 6.45) is 4.92. The van der Waals surface area contributed by atoms with Gasteiger partial charge in [0.1, 0.15) is 0 Å². The van der Waals surface area contributed by atoms with Gasteiger partial charge < -0.3 is 10.6 Å². The van der Waals surface area contributed by atoms with Crippen LogP contribution in [0.25, 0.3) is 22.0 Å². The van der Waals surface area contributed by atoms with Gasteiger partial charge in [-0.2, -0.15) is 10.2 Å². The fourth-order valence-electron chi connectivity index (χ4n) is 6.07. The number of aromatic nitrogens is 1. The van der Waals surface area contributed by atoms with E-state index in [1.54, 1.807) is 0 Å². The molecule has 3 aliphatic heterocycles. The third-order valence-electron chi connectivity index (χ3n) is 7.60. The number of amides is 1. The minimum atomic E-state index is -0.607. The first-order valence-electron chi connectivity index (χ1n) is 12.2. The molecule has 0 spiro atoms. The lowest BCUT2D eigenvalue weighted by atomic mass is 9.62. The minimum absolute atomic E-state index is 0.0211. The van der Waals surface area contributed by atoms with E-state index in [0.717, 1.165) is 57.3 Å². The Hall–Kier alpha value is -3.80. The van der Waals surface area contributed by atoms with Crippen LogP contribution in [0.3, 0.4) is 0 Å². The summed E-state index contributed by atoms with van der Waals surface area (Å²) in [5.41, 5.74) is 7.36. The number of aryl methyl sites for hydroxylation is 1. The highest BCUT2D eigenvalue weighted by molar-refractivity contribution is 6.00. The molecule has 0 saturated heterocycles. The molecule has 0 bridgehead atoms. The van der Waals surface area contributed by atoms with Gasteiger partial charge in [-0.1, -0.05) is 36.8 Å². The largest absolute Gasteiger partial charge is 0.362 e. The van der Waals surface area contributed by atoms with E-state index in [4.69, 9.17) is 0 Å². The Bertz CT molecular complexity index is 1480. The fourth-order valence-corrected chi connectivity index (χ4v) is 6.07. The second kappa shape index (κ2) is 7.60. The molecule has 6 heteroatoms. The van der Waals surface area contributed by atoms with Crippen LogP contribution in [0, 0.1) is 6.92 Å². The SMILES string of the molecule is CC[C@@]1(c2cccc(-c3ccnc4ccc(C)cc34)c2)C2=CN=NC2NC2=C1C(=O)NC(C)(C)C2. The van der Waals surface area contributed by atoms with Crippen molar-refractivity contribution in [2.24, 2.45) is 10.2 Å². The van der Waals surface area contributed by atoms with Crippen LogP contribution in [0.15, 0.2) is 88.0 Å². The first-order chi connectivity index (χ1) is 16.8. The summed E-state index contributed by atoms with van der Waals surface area (Å²) in [4.78, 5) is 18.2. The standard InChI is InChI=1S/C29H29N5O/c1-5-29(22-16-31-34-26(22)32-24-15-28(3,4)33-27(35)25(24)29)19-8-6-7-18(14-19)20-11-12-30-23-10-9-17(2)13-21(20)23/h6-14,16,26,32H,5,15H2,1-4H3,(H,33,35)/t26?,29-/m1/s1. The molecule has 2 N–H and O–H groups in total. The Labute approximate surface area is 205 Å². The van der Waals surface area contributed by atoms with Crippen LogP contribution in [0.4, 0.5) is 0 Å². The summed E-state index contributed by atoms with van der Waals surface area (Å²) >= 11 is 0. The summed E-state index contributed by atoms with van der Waals surface area (Å²) in [7, 11) is 0. The molecule has 2 atom stereocenters. The molecule has 1 unspecified atom stereocenters. The number of nitrogens with one attached hydrogen (secondary N) is 2. The monoisotopic (exact) mass is 463 g/mol. The highest BCUT2D eigenvalue weighted by Gasteiger charge is 2.53. The molecule has 1 aromatic heterocycles. The van der Waals surface area contributed by atoms with Gasteiger partial charge in [0.2, 0.25) is 0 Å². The maximum Gasteiger partial charge on any atom is 0.250 e. The van der Waals surface area contributed by atoms with Crippen molar-refractivity contribution in [2.75, 3.05) is 0 Å². The number of pyridine rings is 1. The average Bonchev–Trinajstić information content (AvgIpc) is 3.30. The predicted molar refractivity (Wildman–Crippen MR) is 138 cm³/mol. The molecule has 6 nitrogen and oxygen atoms in total. The van der Waals surface area contributed by atoms with E-state index < -0.39 is 5.41 Å². The normalized spacial score (nSPS) is 24.5. The van der Waals surface area contributed by atoms with Crippen LogP contribution in [0.1, 0.15) is 44.7 Å². The van der Waals surface area contributed by atoms with Crippen molar-refractivity contribution in [3.63, 3.8) is 0 Å². The molecule has 4 heterocycles. The van der Waals surface area contributed by atoms with Crippen molar-refractivity contribution in [3.05, 3.63) is 88.9 Å².